The van der Waals surface area contributed by atoms with Crippen molar-refractivity contribution in [2.24, 2.45) is 0 Å². The predicted octanol–water partition coefficient (Wildman–Crippen LogP) is 2.55. The Bertz CT molecular complexity index is 148. The molecule has 0 aliphatic heterocycles. The van der Waals surface area contributed by atoms with Gasteiger partial charge in [-0.25, -0.2) is 0 Å². The van der Waals surface area contributed by atoms with E-state index < -0.39 is 5.47 Å². The van der Waals surface area contributed by atoms with Crippen molar-refractivity contribution in [2.45, 2.75) is 37.8 Å². The molecule has 1 aliphatic carbocycles. The normalized spacial score (nSPS) is 27.8. The molecule has 1 rings (SSSR count). The molecule has 0 amide bonds. The molecule has 1 unspecified atom stereocenters. The topological polar surface area (TPSA) is 20.2 Å². The molecule has 4 heteroatoms. The summed E-state index contributed by atoms with van der Waals surface area (Å²) in [6.07, 6.45) is 5.95. The average Bonchev–Trinajstić information content (AvgIpc) is 1.88. The fourth-order valence-corrected chi connectivity index (χ4v) is 3.78. The molecule has 1 nitrogen and oxygen atoms in total. The largest absolute Gasteiger partial charge is 0.357 e. The molecule has 1 atom stereocenters. The van der Waals surface area contributed by atoms with Crippen molar-refractivity contribution in [1.29, 1.82) is 0 Å². The lowest BCUT2D eigenvalue weighted by Crippen LogP contribution is -2.09. The van der Waals surface area contributed by atoms with Crippen LogP contribution in [0.3, 0.4) is 0 Å². The molecule has 60 valence electrons. The molecule has 0 spiro atoms. The summed E-state index contributed by atoms with van der Waals surface area (Å²) in [5, 5.41) is 0. The lowest BCUT2D eigenvalue weighted by Gasteiger charge is -2.25. The molecule has 0 aromatic rings. The highest BCUT2D eigenvalue weighted by molar-refractivity contribution is 8.61. The van der Waals surface area contributed by atoms with Gasteiger partial charge in [0.25, 0.3) is 0 Å². The minimum absolute atomic E-state index is 0.347. The molecular formula is C6H13OPS2. The second-order valence-electron chi connectivity index (χ2n) is 2.88. The monoisotopic (exact) mass is 196 g/mol. The van der Waals surface area contributed by atoms with Crippen molar-refractivity contribution in [3.63, 3.8) is 0 Å². The van der Waals surface area contributed by atoms with Gasteiger partial charge < -0.3 is 4.89 Å². The zero-order valence-electron chi connectivity index (χ0n) is 5.86. The van der Waals surface area contributed by atoms with Crippen molar-refractivity contribution >= 4 is 29.5 Å². The third-order valence-electron chi connectivity index (χ3n) is 2.05. The molecule has 1 fully saturated rings. The first kappa shape index (κ1) is 9.05. The summed E-state index contributed by atoms with van der Waals surface area (Å²) in [5.41, 5.74) is -1.87. The molecule has 1 saturated carbocycles. The highest BCUT2D eigenvalue weighted by Gasteiger charge is 2.23. The Balaban J connectivity index is 2.47. The Labute approximate surface area is 72.5 Å². The van der Waals surface area contributed by atoms with E-state index in [0.29, 0.717) is 5.66 Å². The van der Waals surface area contributed by atoms with E-state index in [9.17, 15) is 4.89 Å². The first-order valence-electron chi connectivity index (χ1n) is 3.66. The fourth-order valence-electron chi connectivity index (χ4n) is 1.42. The van der Waals surface area contributed by atoms with Crippen molar-refractivity contribution in [3.05, 3.63) is 0 Å². The van der Waals surface area contributed by atoms with Crippen LogP contribution in [0.25, 0.3) is 0 Å². The van der Waals surface area contributed by atoms with Gasteiger partial charge in [0, 0.05) is 5.66 Å². The molecular weight excluding hydrogens is 183 g/mol. The van der Waals surface area contributed by atoms with Crippen LogP contribution in [0.2, 0.25) is 0 Å². The number of rotatable bonds is 1. The summed E-state index contributed by atoms with van der Waals surface area (Å²) >= 11 is 9.01. The maximum Gasteiger partial charge on any atom is 0.117 e. The van der Waals surface area contributed by atoms with E-state index in [4.69, 9.17) is 11.8 Å². The summed E-state index contributed by atoms with van der Waals surface area (Å²) in [6, 6.07) is 0. The van der Waals surface area contributed by atoms with E-state index in [1.165, 1.54) is 19.3 Å². The summed E-state index contributed by atoms with van der Waals surface area (Å²) in [7, 11) is 0. The summed E-state index contributed by atoms with van der Waals surface area (Å²) in [5.74, 6) is 0. The van der Waals surface area contributed by atoms with Gasteiger partial charge in [-0.05, 0) is 12.8 Å². The minimum Gasteiger partial charge on any atom is -0.357 e. The smallest absolute Gasteiger partial charge is 0.117 e. The standard InChI is InChI=1S/C6H13OPS2/c7-8(9,10)6-4-2-1-3-5-6/h6H,1-5H2,(H2,7,9,10). The number of hydrogen-bond donors (Lipinski definition) is 2. The Morgan fingerprint density at radius 2 is 1.80 bits per heavy atom. The predicted molar refractivity (Wildman–Crippen MR) is 52.4 cm³/mol. The van der Waals surface area contributed by atoms with Crippen molar-refractivity contribution in [2.75, 3.05) is 0 Å². The van der Waals surface area contributed by atoms with Crippen LogP contribution in [0.1, 0.15) is 32.1 Å². The summed E-state index contributed by atoms with van der Waals surface area (Å²) in [4.78, 5) is 9.43. The molecule has 0 saturated heterocycles. The van der Waals surface area contributed by atoms with Crippen LogP contribution in [0.4, 0.5) is 0 Å². The molecule has 0 aromatic carbocycles. The van der Waals surface area contributed by atoms with Crippen molar-refractivity contribution < 1.29 is 4.89 Å². The quantitative estimate of drug-likeness (QED) is 0.496. The zero-order valence-corrected chi connectivity index (χ0v) is 8.47. The lowest BCUT2D eigenvalue weighted by molar-refractivity contribution is 0.490. The Kier molecular flexibility index (Phi) is 3.23. The summed E-state index contributed by atoms with van der Waals surface area (Å²) in [6.45, 7) is 0. The Hall–Kier alpha value is 0.960. The third kappa shape index (κ3) is 2.54. The minimum atomic E-state index is -2.21. The van der Waals surface area contributed by atoms with Crippen LogP contribution >= 0.6 is 17.7 Å². The lowest BCUT2D eigenvalue weighted by atomic mass is 10.0. The first-order valence-corrected chi connectivity index (χ1v) is 7.63. The van der Waals surface area contributed by atoms with Crippen molar-refractivity contribution in [3.8, 4) is 0 Å². The highest BCUT2D eigenvalue weighted by atomic mass is 32.9. The zero-order chi connectivity index (χ0) is 7.61. The Morgan fingerprint density at radius 3 is 2.10 bits per heavy atom. The van der Waals surface area contributed by atoms with Gasteiger partial charge in [0.15, 0.2) is 0 Å². The van der Waals surface area contributed by atoms with Crippen LogP contribution in [-0.2, 0) is 11.8 Å². The van der Waals surface area contributed by atoms with Gasteiger partial charge in [-0.15, -0.1) is 12.2 Å². The fraction of sp³-hybridized carbons (Fsp3) is 1.00. The summed E-state index contributed by atoms with van der Waals surface area (Å²) < 4.78 is 0. The van der Waals surface area contributed by atoms with Crippen LogP contribution in [0, 0.1) is 0 Å². The van der Waals surface area contributed by atoms with Gasteiger partial charge in [-0.3, -0.25) is 0 Å². The molecule has 0 heterocycles. The first-order chi connectivity index (χ1) is 4.61. The average molecular weight is 196 g/mol. The van der Waals surface area contributed by atoms with Gasteiger partial charge in [-0.2, -0.15) is 0 Å². The molecule has 0 aromatic heterocycles. The molecule has 0 bridgehead atoms. The molecule has 10 heavy (non-hydrogen) atoms. The third-order valence-corrected chi connectivity index (χ3v) is 5.39. The van der Waals surface area contributed by atoms with Gasteiger partial charge in [0.1, 0.15) is 5.47 Å². The second-order valence-corrected chi connectivity index (χ2v) is 9.10. The van der Waals surface area contributed by atoms with Crippen LogP contribution in [0.5, 0.6) is 0 Å². The van der Waals surface area contributed by atoms with E-state index in [2.05, 4.69) is 12.2 Å². The van der Waals surface area contributed by atoms with Crippen molar-refractivity contribution in [1.82, 2.24) is 0 Å². The van der Waals surface area contributed by atoms with Crippen LogP contribution in [-0.4, -0.2) is 10.6 Å². The van der Waals surface area contributed by atoms with Crippen LogP contribution < -0.4 is 0 Å². The van der Waals surface area contributed by atoms with E-state index in [-0.39, 0.29) is 0 Å². The van der Waals surface area contributed by atoms with E-state index in [0.717, 1.165) is 12.8 Å². The Morgan fingerprint density at radius 1 is 1.30 bits per heavy atom. The SMILES string of the molecule is OP(=S)(S)C1CCCCC1. The maximum absolute atomic E-state index is 9.43. The molecule has 0 radical (unpaired) electrons. The molecule has 1 aliphatic rings. The van der Waals surface area contributed by atoms with Gasteiger partial charge >= 0.3 is 0 Å². The van der Waals surface area contributed by atoms with Gasteiger partial charge in [-0.1, -0.05) is 31.1 Å². The van der Waals surface area contributed by atoms with Crippen LogP contribution in [0.15, 0.2) is 0 Å². The highest BCUT2D eigenvalue weighted by Crippen LogP contribution is 2.55. The van der Waals surface area contributed by atoms with E-state index >= 15 is 0 Å². The van der Waals surface area contributed by atoms with E-state index in [1.54, 1.807) is 0 Å². The van der Waals surface area contributed by atoms with Gasteiger partial charge in [0.2, 0.25) is 0 Å². The van der Waals surface area contributed by atoms with Gasteiger partial charge in [0.05, 0.1) is 0 Å². The van der Waals surface area contributed by atoms with E-state index in [1.807, 2.05) is 0 Å². The number of hydrogen-bond acceptors (Lipinski definition) is 1. The molecule has 1 N–H and O–H groups in total. The second kappa shape index (κ2) is 3.57. The number of thiol groups is 1. The maximum atomic E-state index is 9.43.